The Morgan fingerprint density at radius 3 is 2.57 bits per heavy atom. The minimum absolute atomic E-state index is 0.199. The van der Waals surface area contributed by atoms with Gasteiger partial charge in [-0.15, -0.1) is 0 Å². The smallest absolute Gasteiger partial charge is 0.151 e. The third kappa shape index (κ3) is 5.02. The van der Waals surface area contributed by atoms with Crippen LogP contribution in [0.4, 0.5) is 11.6 Å². The summed E-state index contributed by atoms with van der Waals surface area (Å²) in [5.41, 5.74) is 10.4. The van der Waals surface area contributed by atoms with Crippen LogP contribution in [0.1, 0.15) is 63.6 Å². The van der Waals surface area contributed by atoms with E-state index < -0.39 is 0 Å². The number of anilines is 2. The fraction of sp³-hybridized carbons (Fsp3) is 0.630. The summed E-state index contributed by atoms with van der Waals surface area (Å²) in [6.45, 7) is 6.05. The van der Waals surface area contributed by atoms with Crippen LogP contribution in [-0.2, 0) is 11.2 Å². The molecular formula is C27H38N8O2. The van der Waals surface area contributed by atoms with Gasteiger partial charge >= 0.3 is 0 Å². The van der Waals surface area contributed by atoms with Gasteiger partial charge in [0.15, 0.2) is 5.82 Å². The molecule has 1 saturated carbocycles. The Morgan fingerprint density at radius 2 is 1.84 bits per heavy atom. The first kappa shape index (κ1) is 24.5. The van der Waals surface area contributed by atoms with Crippen molar-refractivity contribution in [1.82, 2.24) is 29.6 Å². The molecule has 1 aliphatic carbocycles. The Kier molecular flexibility index (Phi) is 6.96. The molecule has 0 radical (unpaired) electrons. The van der Waals surface area contributed by atoms with Crippen molar-refractivity contribution in [3.05, 3.63) is 24.3 Å². The first-order valence-electron chi connectivity index (χ1n) is 13.8. The van der Waals surface area contributed by atoms with E-state index in [2.05, 4.69) is 33.0 Å². The van der Waals surface area contributed by atoms with Crippen molar-refractivity contribution in [2.45, 2.75) is 82.5 Å². The van der Waals surface area contributed by atoms with E-state index in [0.29, 0.717) is 23.4 Å². The number of aliphatic hydroxyl groups is 1. The molecule has 5 heterocycles. The van der Waals surface area contributed by atoms with Crippen molar-refractivity contribution in [3.8, 4) is 11.1 Å². The highest BCUT2D eigenvalue weighted by atomic mass is 16.5. The van der Waals surface area contributed by atoms with Crippen molar-refractivity contribution >= 4 is 22.7 Å². The summed E-state index contributed by atoms with van der Waals surface area (Å²) < 4.78 is 7.66. The summed E-state index contributed by atoms with van der Waals surface area (Å²) in [7, 11) is 0. The zero-order valence-electron chi connectivity index (χ0n) is 21.6. The van der Waals surface area contributed by atoms with E-state index in [-0.39, 0.29) is 12.1 Å². The maximum Gasteiger partial charge on any atom is 0.151 e. The van der Waals surface area contributed by atoms with Crippen LogP contribution in [0.5, 0.6) is 0 Å². The zero-order chi connectivity index (χ0) is 25.4. The fourth-order valence-electron chi connectivity index (χ4n) is 6.19. The molecule has 3 aliphatic rings. The lowest BCUT2D eigenvalue weighted by Gasteiger charge is -2.39. The number of pyridine rings is 1. The van der Waals surface area contributed by atoms with Crippen molar-refractivity contribution < 1.29 is 9.84 Å². The summed E-state index contributed by atoms with van der Waals surface area (Å²) in [5.74, 6) is 1.16. The van der Waals surface area contributed by atoms with Gasteiger partial charge in [0.1, 0.15) is 16.9 Å². The lowest BCUT2D eigenvalue weighted by atomic mass is 10.00. The first-order chi connectivity index (χ1) is 18.1. The minimum atomic E-state index is -0.249. The van der Waals surface area contributed by atoms with Crippen LogP contribution < -0.4 is 11.1 Å². The number of nitrogens with one attached hydrogen (secondary N) is 1. The standard InChI is InChI=1S/C27H38N8O2/c1-2-23-27(31-18-3-4-21(36)13-18)33-24-22(15-29-26(28)25(24)32-23)17-14-30-35(16-17)20-5-9-34(10-6-20)19-7-11-37-12-8-19/h14-16,18-21,36H,2-13H2,1H3,(H2,28,29)(H,31,33)/t18-,21+/m1/s1. The molecule has 10 heteroatoms. The van der Waals surface area contributed by atoms with Crippen LogP contribution >= 0.6 is 0 Å². The van der Waals surface area contributed by atoms with Crippen molar-refractivity contribution in [2.75, 3.05) is 37.4 Å². The molecule has 2 atom stereocenters. The van der Waals surface area contributed by atoms with E-state index in [4.69, 9.17) is 25.5 Å². The predicted molar refractivity (Wildman–Crippen MR) is 143 cm³/mol. The third-order valence-corrected chi connectivity index (χ3v) is 8.37. The maximum atomic E-state index is 9.98. The fourth-order valence-corrected chi connectivity index (χ4v) is 6.19. The van der Waals surface area contributed by atoms with Gasteiger partial charge in [-0.05, 0) is 51.4 Å². The molecule has 3 aromatic heterocycles. The van der Waals surface area contributed by atoms with E-state index >= 15 is 0 Å². The summed E-state index contributed by atoms with van der Waals surface area (Å²) in [6, 6.07) is 1.25. The predicted octanol–water partition coefficient (Wildman–Crippen LogP) is 3.17. The molecule has 6 rings (SSSR count). The number of hydrogen-bond acceptors (Lipinski definition) is 9. The SMILES string of the molecule is CCc1nc2c(N)ncc(-c3cnn(C4CCN(C5CCOCC5)CC4)c3)c2nc1N[C@@H]1CC[C@H](O)C1. The number of nitrogens with zero attached hydrogens (tertiary/aromatic N) is 6. The number of aryl methyl sites for hydroxylation is 1. The number of rotatable bonds is 6. The topological polar surface area (TPSA) is 127 Å². The van der Waals surface area contributed by atoms with E-state index in [1.165, 1.54) is 0 Å². The van der Waals surface area contributed by atoms with E-state index in [9.17, 15) is 5.11 Å². The Labute approximate surface area is 217 Å². The van der Waals surface area contributed by atoms with Crippen LogP contribution in [0.25, 0.3) is 22.2 Å². The molecule has 0 spiro atoms. The highest BCUT2D eigenvalue weighted by Gasteiger charge is 2.28. The Hall–Kier alpha value is -2.82. The second kappa shape index (κ2) is 10.5. The Balaban J connectivity index is 1.25. The zero-order valence-corrected chi connectivity index (χ0v) is 21.6. The van der Waals surface area contributed by atoms with Gasteiger partial charge in [-0.3, -0.25) is 4.68 Å². The van der Waals surface area contributed by atoms with Gasteiger partial charge in [0, 0.05) is 61.9 Å². The van der Waals surface area contributed by atoms with Crippen molar-refractivity contribution in [1.29, 1.82) is 0 Å². The number of nitrogen functional groups attached to an aromatic ring is 1. The third-order valence-electron chi connectivity index (χ3n) is 8.37. The molecule has 3 aromatic rings. The van der Waals surface area contributed by atoms with Crippen molar-refractivity contribution in [2.24, 2.45) is 0 Å². The molecule has 2 saturated heterocycles. The number of aromatic nitrogens is 5. The molecule has 198 valence electrons. The van der Waals surface area contributed by atoms with E-state index in [0.717, 1.165) is 106 Å². The molecule has 2 aliphatic heterocycles. The van der Waals surface area contributed by atoms with E-state index in [1.54, 1.807) is 6.20 Å². The number of piperidine rings is 1. The van der Waals surface area contributed by atoms with Gasteiger partial charge < -0.3 is 25.8 Å². The van der Waals surface area contributed by atoms with Gasteiger partial charge in [-0.2, -0.15) is 5.10 Å². The molecule has 3 fully saturated rings. The Morgan fingerprint density at radius 1 is 1.03 bits per heavy atom. The van der Waals surface area contributed by atoms with Crippen LogP contribution in [-0.4, -0.2) is 79.2 Å². The molecule has 0 bridgehead atoms. The molecule has 37 heavy (non-hydrogen) atoms. The summed E-state index contributed by atoms with van der Waals surface area (Å²) in [6.07, 6.45) is 13.3. The number of fused-ring (bicyclic) bond motifs is 1. The summed E-state index contributed by atoms with van der Waals surface area (Å²) >= 11 is 0. The summed E-state index contributed by atoms with van der Waals surface area (Å²) in [4.78, 5) is 17.0. The number of aliphatic hydroxyl groups excluding tert-OH is 1. The average molecular weight is 507 g/mol. The number of likely N-dealkylation sites (tertiary alicyclic amines) is 1. The number of ether oxygens (including phenoxy) is 1. The second-order valence-corrected chi connectivity index (χ2v) is 10.8. The molecule has 10 nitrogen and oxygen atoms in total. The van der Waals surface area contributed by atoms with Crippen molar-refractivity contribution in [3.63, 3.8) is 0 Å². The number of nitrogens with two attached hydrogens (primary N) is 1. The molecule has 0 unspecified atom stereocenters. The van der Waals surface area contributed by atoms with E-state index in [1.807, 2.05) is 6.20 Å². The van der Waals surface area contributed by atoms with Gasteiger partial charge in [-0.1, -0.05) is 6.92 Å². The van der Waals surface area contributed by atoms with Gasteiger partial charge in [0.2, 0.25) is 0 Å². The monoisotopic (exact) mass is 506 g/mol. The average Bonchev–Trinajstić information content (AvgIpc) is 3.58. The molecule has 0 amide bonds. The highest BCUT2D eigenvalue weighted by molar-refractivity contribution is 5.96. The molecule has 0 aromatic carbocycles. The lowest BCUT2D eigenvalue weighted by molar-refractivity contribution is 0.0212. The first-order valence-corrected chi connectivity index (χ1v) is 13.8. The van der Waals surface area contributed by atoms with Gasteiger partial charge in [0.05, 0.1) is 24.0 Å². The van der Waals surface area contributed by atoms with Gasteiger partial charge in [-0.25, -0.2) is 15.0 Å². The number of hydrogen-bond donors (Lipinski definition) is 3. The lowest BCUT2D eigenvalue weighted by Crippen LogP contribution is -2.44. The Bertz CT molecular complexity index is 1230. The van der Waals surface area contributed by atoms with Crippen LogP contribution in [0.15, 0.2) is 18.6 Å². The summed E-state index contributed by atoms with van der Waals surface area (Å²) in [5, 5.41) is 18.3. The quantitative estimate of drug-likeness (QED) is 0.462. The van der Waals surface area contributed by atoms with Crippen LogP contribution in [0.2, 0.25) is 0 Å². The molecular weight excluding hydrogens is 468 g/mol. The normalized spacial score (nSPS) is 24.2. The minimum Gasteiger partial charge on any atom is -0.393 e. The van der Waals surface area contributed by atoms with Crippen LogP contribution in [0.3, 0.4) is 0 Å². The second-order valence-electron chi connectivity index (χ2n) is 10.8. The largest absolute Gasteiger partial charge is 0.393 e. The maximum absolute atomic E-state index is 9.98. The van der Waals surface area contributed by atoms with Gasteiger partial charge in [0.25, 0.3) is 0 Å². The van der Waals surface area contributed by atoms with Crippen LogP contribution in [0, 0.1) is 0 Å². The highest BCUT2D eigenvalue weighted by Crippen LogP contribution is 2.33. The molecule has 4 N–H and O–H groups in total.